The molecule has 0 saturated heterocycles. The average molecular weight is 375 g/mol. The number of halogens is 3. The van der Waals surface area contributed by atoms with Gasteiger partial charge in [0.15, 0.2) is 0 Å². The van der Waals surface area contributed by atoms with Crippen LogP contribution < -0.4 is 5.32 Å². The van der Waals surface area contributed by atoms with Gasteiger partial charge in [-0.1, -0.05) is 0 Å². The molecule has 26 heavy (non-hydrogen) atoms. The van der Waals surface area contributed by atoms with E-state index in [0.29, 0.717) is 27.4 Å². The fourth-order valence-electron chi connectivity index (χ4n) is 2.86. The summed E-state index contributed by atoms with van der Waals surface area (Å²) >= 11 is 1.32. The molecule has 1 aliphatic heterocycles. The topological polar surface area (TPSA) is 46.9 Å². The molecule has 1 aliphatic rings. The second-order valence-electron chi connectivity index (χ2n) is 5.84. The van der Waals surface area contributed by atoms with Gasteiger partial charge in [-0.25, -0.2) is 0 Å². The van der Waals surface area contributed by atoms with E-state index < -0.39 is 11.9 Å². The Labute approximate surface area is 150 Å². The van der Waals surface area contributed by atoms with Crippen molar-refractivity contribution < 1.29 is 18.0 Å². The van der Waals surface area contributed by atoms with Crippen LogP contribution >= 0.6 is 11.3 Å². The molecule has 1 amide bonds. The Morgan fingerprint density at radius 3 is 2.81 bits per heavy atom. The number of alkyl halides is 3. The van der Waals surface area contributed by atoms with Crippen LogP contribution in [0.1, 0.15) is 16.3 Å². The zero-order chi connectivity index (χ0) is 18.5. The minimum atomic E-state index is -4.40. The van der Waals surface area contributed by atoms with Crippen molar-refractivity contribution in [3.05, 3.63) is 59.0 Å². The SMILES string of the molecule is Cn1cc(-c2ccc(C=C3C(=O)Nc4cccnc43)s2)cc1C(F)(F)F. The maximum absolute atomic E-state index is 13.0. The van der Waals surface area contributed by atoms with E-state index in [9.17, 15) is 18.0 Å². The van der Waals surface area contributed by atoms with E-state index in [-0.39, 0.29) is 5.91 Å². The number of aryl methyl sites for hydroxylation is 1. The van der Waals surface area contributed by atoms with Gasteiger partial charge in [0.05, 0.1) is 17.0 Å². The lowest BCUT2D eigenvalue weighted by atomic mass is 10.1. The standard InChI is InChI=1S/C18H12F3N3OS/c1-24-9-10(7-15(24)18(19,20)21)14-5-4-11(26-14)8-12-16-13(23-17(12)25)3-2-6-22-16/h2-9H,1H3,(H,23,25). The zero-order valence-electron chi connectivity index (χ0n) is 13.5. The van der Waals surface area contributed by atoms with Crippen LogP contribution in [-0.4, -0.2) is 15.5 Å². The summed E-state index contributed by atoms with van der Waals surface area (Å²) in [6, 6.07) is 8.16. The van der Waals surface area contributed by atoms with Gasteiger partial charge in [-0.2, -0.15) is 13.2 Å². The van der Waals surface area contributed by atoms with Gasteiger partial charge in [-0.3, -0.25) is 9.78 Å². The lowest BCUT2D eigenvalue weighted by Gasteiger charge is -2.05. The number of pyridine rings is 1. The van der Waals surface area contributed by atoms with Crippen molar-refractivity contribution >= 4 is 34.6 Å². The third-order valence-electron chi connectivity index (χ3n) is 4.05. The van der Waals surface area contributed by atoms with Gasteiger partial charge in [0.2, 0.25) is 0 Å². The number of hydrogen-bond acceptors (Lipinski definition) is 3. The molecule has 4 heterocycles. The van der Waals surface area contributed by atoms with Crippen LogP contribution in [0.5, 0.6) is 0 Å². The van der Waals surface area contributed by atoms with Crippen molar-refractivity contribution in [2.75, 3.05) is 5.32 Å². The van der Waals surface area contributed by atoms with Crippen LogP contribution in [0.3, 0.4) is 0 Å². The van der Waals surface area contributed by atoms with Crippen LogP contribution in [-0.2, 0) is 18.0 Å². The number of carbonyl (C=O) groups is 1. The number of aromatic nitrogens is 2. The highest BCUT2D eigenvalue weighted by Crippen LogP contribution is 2.37. The van der Waals surface area contributed by atoms with Crippen molar-refractivity contribution in [3.63, 3.8) is 0 Å². The molecule has 0 unspecified atom stereocenters. The third-order valence-corrected chi connectivity index (χ3v) is 5.13. The molecular weight excluding hydrogens is 363 g/mol. The Morgan fingerprint density at radius 2 is 2.08 bits per heavy atom. The zero-order valence-corrected chi connectivity index (χ0v) is 14.3. The van der Waals surface area contributed by atoms with Crippen molar-refractivity contribution in [3.8, 4) is 10.4 Å². The van der Waals surface area contributed by atoms with E-state index in [1.807, 2.05) is 0 Å². The van der Waals surface area contributed by atoms with Gasteiger partial charge >= 0.3 is 6.18 Å². The summed E-state index contributed by atoms with van der Waals surface area (Å²) in [6.07, 6.45) is 0.364. The fraction of sp³-hybridized carbons (Fsp3) is 0.111. The molecule has 0 fully saturated rings. The van der Waals surface area contributed by atoms with Crippen molar-refractivity contribution in [2.24, 2.45) is 7.05 Å². The number of hydrogen-bond donors (Lipinski definition) is 1. The van der Waals surface area contributed by atoms with Crippen LogP contribution in [0, 0.1) is 0 Å². The van der Waals surface area contributed by atoms with E-state index in [4.69, 9.17) is 0 Å². The number of amides is 1. The highest BCUT2D eigenvalue weighted by Gasteiger charge is 2.34. The summed E-state index contributed by atoms with van der Waals surface area (Å²) in [4.78, 5) is 17.8. The van der Waals surface area contributed by atoms with E-state index >= 15 is 0 Å². The third kappa shape index (κ3) is 2.82. The molecule has 1 N–H and O–H groups in total. The molecule has 3 aromatic heterocycles. The van der Waals surface area contributed by atoms with Gasteiger partial charge in [0, 0.05) is 34.8 Å². The van der Waals surface area contributed by atoms with Gasteiger partial charge in [0.25, 0.3) is 5.91 Å². The Kier molecular flexibility index (Phi) is 3.73. The van der Waals surface area contributed by atoms with Gasteiger partial charge < -0.3 is 9.88 Å². The van der Waals surface area contributed by atoms with E-state index in [0.717, 1.165) is 15.5 Å². The fourth-order valence-corrected chi connectivity index (χ4v) is 3.79. The Balaban J connectivity index is 1.69. The quantitative estimate of drug-likeness (QED) is 0.662. The van der Waals surface area contributed by atoms with Crippen molar-refractivity contribution in [1.82, 2.24) is 9.55 Å². The number of anilines is 1. The van der Waals surface area contributed by atoms with Crippen molar-refractivity contribution in [1.29, 1.82) is 0 Å². The Hall–Kier alpha value is -2.87. The highest BCUT2D eigenvalue weighted by molar-refractivity contribution is 7.16. The number of nitrogens with one attached hydrogen (secondary N) is 1. The number of nitrogens with zero attached hydrogens (tertiary/aromatic N) is 2. The number of rotatable bonds is 2. The van der Waals surface area contributed by atoms with Gasteiger partial charge in [-0.15, -0.1) is 11.3 Å². The summed E-state index contributed by atoms with van der Waals surface area (Å²) in [7, 11) is 1.37. The molecule has 0 aromatic carbocycles. The van der Waals surface area contributed by atoms with E-state index in [2.05, 4.69) is 10.3 Å². The molecule has 0 radical (unpaired) electrons. The molecule has 0 saturated carbocycles. The first kappa shape index (κ1) is 16.6. The Bertz CT molecular complexity index is 1050. The lowest BCUT2D eigenvalue weighted by molar-refractivity contribution is -0.143. The van der Waals surface area contributed by atoms with E-state index in [1.54, 1.807) is 36.5 Å². The van der Waals surface area contributed by atoms with Gasteiger partial charge in [0.1, 0.15) is 5.69 Å². The first-order chi connectivity index (χ1) is 12.3. The van der Waals surface area contributed by atoms with Crippen LogP contribution in [0.2, 0.25) is 0 Å². The van der Waals surface area contributed by atoms with Crippen molar-refractivity contribution in [2.45, 2.75) is 6.18 Å². The average Bonchev–Trinajstić information content (AvgIpc) is 3.25. The monoisotopic (exact) mass is 375 g/mol. The maximum Gasteiger partial charge on any atom is 0.431 e. The normalized spacial score (nSPS) is 15.4. The van der Waals surface area contributed by atoms with Crippen LogP contribution in [0.25, 0.3) is 22.1 Å². The minimum Gasteiger partial charge on any atom is -0.346 e. The molecule has 4 nitrogen and oxygen atoms in total. The molecule has 4 rings (SSSR count). The first-order valence-electron chi connectivity index (χ1n) is 7.65. The molecule has 3 aromatic rings. The van der Waals surface area contributed by atoms with Crippen LogP contribution in [0.4, 0.5) is 18.9 Å². The maximum atomic E-state index is 13.0. The molecule has 0 bridgehead atoms. The molecule has 0 aliphatic carbocycles. The summed E-state index contributed by atoms with van der Waals surface area (Å²) in [6.45, 7) is 0. The smallest absolute Gasteiger partial charge is 0.346 e. The van der Waals surface area contributed by atoms with Crippen LogP contribution in [0.15, 0.2) is 42.7 Å². The number of carbonyl (C=O) groups excluding carboxylic acids is 1. The summed E-state index contributed by atoms with van der Waals surface area (Å²) in [5, 5.41) is 2.74. The predicted octanol–water partition coefficient (Wildman–Crippen LogP) is 4.66. The highest BCUT2D eigenvalue weighted by atomic mass is 32.1. The number of fused-ring (bicyclic) bond motifs is 1. The molecule has 0 atom stereocenters. The predicted molar refractivity (Wildman–Crippen MR) is 94.5 cm³/mol. The van der Waals surface area contributed by atoms with E-state index in [1.165, 1.54) is 24.6 Å². The minimum absolute atomic E-state index is 0.243. The molecule has 8 heteroatoms. The second-order valence-corrected chi connectivity index (χ2v) is 6.95. The largest absolute Gasteiger partial charge is 0.431 e. The first-order valence-corrected chi connectivity index (χ1v) is 8.47. The summed E-state index contributed by atoms with van der Waals surface area (Å²) < 4.78 is 39.9. The van der Waals surface area contributed by atoms with Gasteiger partial charge in [-0.05, 0) is 36.4 Å². The molecule has 0 spiro atoms. The lowest BCUT2D eigenvalue weighted by Crippen LogP contribution is -2.09. The number of thiophene rings is 1. The summed E-state index contributed by atoms with van der Waals surface area (Å²) in [5.41, 5.74) is 1.46. The second kappa shape index (κ2) is 5.84. The molecular formula is C18H12F3N3OS. The molecule has 132 valence electrons. The Morgan fingerprint density at radius 1 is 1.27 bits per heavy atom. The summed E-state index contributed by atoms with van der Waals surface area (Å²) in [5.74, 6) is -0.243.